The van der Waals surface area contributed by atoms with Crippen LogP contribution in [0.3, 0.4) is 0 Å². The Morgan fingerprint density at radius 1 is 0.781 bits per heavy atom. The molecule has 2 unspecified atom stereocenters. The minimum Gasteiger partial charge on any atom is -0.265 e. The average Bonchev–Trinajstić information content (AvgIpc) is 2.81. The maximum atomic E-state index is 14.3. The molecule has 0 aliphatic heterocycles. The molecule has 0 radical (unpaired) electrons. The highest BCUT2D eigenvalue weighted by Crippen LogP contribution is 2.31. The first kappa shape index (κ1) is 24.2. The molecule has 0 fully saturated rings. The van der Waals surface area contributed by atoms with Gasteiger partial charge in [0.1, 0.15) is 18.2 Å². The zero-order valence-corrected chi connectivity index (χ0v) is 19.0. The van der Waals surface area contributed by atoms with Crippen molar-refractivity contribution in [1.29, 1.82) is 0 Å². The van der Waals surface area contributed by atoms with E-state index in [0.717, 1.165) is 0 Å². The van der Waals surface area contributed by atoms with E-state index in [0.29, 0.717) is 21.2 Å². The highest BCUT2D eigenvalue weighted by atomic mass is 35.5. The Morgan fingerprint density at radius 2 is 1.22 bits per heavy atom. The van der Waals surface area contributed by atoms with Crippen molar-refractivity contribution in [1.82, 2.24) is 0 Å². The molecule has 168 valence electrons. The molecule has 4 nitrogen and oxygen atoms in total. The fraction of sp³-hybridized carbons (Fsp3) is 0.174. The van der Waals surface area contributed by atoms with E-state index >= 15 is 0 Å². The summed E-state index contributed by atoms with van der Waals surface area (Å²) in [4.78, 5) is -0.130. The molecule has 32 heavy (non-hydrogen) atoms. The van der Waals surface area contributed by atoms with Gasteiger partial charge in [-0.2, -0.15) is 8.42 Å². The second-order valence-corrected chi connectivity index (χ2v) is 9.28. The summed E-state index contributed by atoms with van der Waals surface area (Å²) in [5.74, 6) is -2.12. The molecule has 0 saturated carbocycles. The topological polar surface area (TPSA) is 55.7 Å². The molecule has 0 aliphatic carbocycles. The normalized spacial score (nSPS) is 13.2. The molecule has 3 aromatic rings. The van der Waals surface area contributed by atoms with E-state index in [9.17, 15) is 17.2 Å². The lowest BCUT2D eigenvalue weighted by molar-refractivity contribution is 0.329. The number of oxime groups is 1. The third-order valence-corrected chi connectivity index (χ3v) is 6.46. The van der Waals surface area contributed by atoms with Crippen LogP contribution < -0.4 is 0 Å². The van der Waals surface area contributed by atoms with Crippen LogP contribution in [0, 0.1) is 0 Å². The molecular weight excluding hydrogens is 479 g/mol. The first-order valence-electron chi connectivity index (χ1n) is 9.55. The van der Waals surface area contributed by atoms with E-state index in [1.807, 2.05) is 0 Å². The van der Waals surface area contributed by atoms with Crippen molar-refractivity contribution < 1.29 is 21.5 Å². The van der Waals surface area contributed by atoms with E-state index in [1.54, 1.807) is 54.6 Å². The van der Waals surface area contributed by atoms with Crippen LogP contribution in [0.25, 0.3) is 0 Å². The molecule has 0 aliphatic rings. The number of halogens is 4. The molecule has 0 heterocycles. The molecule has 0 bridgehead atoms. The van der Waals surface area contributed by atoms with Gasteiger partial charge in [0.05, 0.1) is 17.5 Å². The Morgan fingerprint density at radius 3 is 1.62 bits per heavy atom. The van der Waals surface area contributed by atoms with Crippen molar-refractivity contribution in [3.63, 3.8) is 0 Å². The number of alkyl halides is 2. The Balaban J connectivity index is 2.07. The number of nitrogens with zero attached hydrogens (tertiary/aromatic N) is 1. The van der Waals surface area contributed by atoms with Gasteiger partial charge >= 0.3 is 10.1 Å². The van der Waals surface area contributed by atoms with Crippen molar-refractivity contribution in [2.45, 2.75) is 16.7 Å². The minimum atomic E-state index is -4.29. The molecule has 3 aromatic carbocycles. The van der Waals surface area contributed by atoms with Crippen LogP contribution in [0.15, 0.2) is 88.9 Å². The van der Waals surface area contributed by atoms with Gasteiger partial charge in [0.15, 0.2) is 0 Å². The van der Waals surface area contributed by atoms with Crippen LogP contribution in [0.1, 0.15) is 23.0 Å². The van der Waals surface area contributed by atoms with E-state index in [-0.39, 0.29) is 10.6 Å². The van der Waals surface area contributed by atoms with Gasteiger partial charge in [0.2, 0.25) is 0 Å². The Labute approximate surface area is 195 Å². The molecule has 3 rings (SSSR count). The average molecular weight is 498 g/mol. The van der Waals surface area contributed by atoms with Gasteiger partial charge in [-0.05, 0) is 47.5 Å². The summed E-state index contributed by atoms with van der Waals surface area (Å²) in [7, 11) is -4.29. The SMILES string of the molecule is O=S(=O)(ON=C(C(CF)c1ccc(Cl)cc1)C(CF)c1ccc(Cl)cc1)c1ccccc1. The largest absolute Gasteiger partial charge is 0.358 e. The monoisotopic (exact) mass is 497 g/mol. The van der Waals surface area contributed by atoms with E-state index < -0.39 is 35.3 Å². The third-order valence-electron chi connectivity index (χ3n) is 4.84. The molecule has 0 aromatic heterocycles. The number of hydrogen-bond acceptors (Lipinski definition) is 4. The van der Waals surface area contributed by atoms with E-state index in [2.05, 4.69) is 5.16 Å². The lowest BCUT2D eigenvalue weighted by atomic mass is 9.84. The van der Waals surface area contributed by atoms with Crippen LogP contribution in [0.5, 0.6) is 0 Å². The van der Waals surface area contributed by atoms with Crippen molar-refractivity contribution in [2.75, 3.05) is 13.3 Å². The summed E-state index contributed by atoms with van der Waals surface area (Å²) < 4.78 is 58.5. The van der Waals surface area contributed by atoms with Crippen LogP contribution in [0.2, 0.25) is 10.0 Å². The summed E-state index contributed by atoms with van der Waals surface area (Å²) in [6.45, 7) is -1.92. The van der Waals surface area contributed by atoms with Crippen molar-refractivity contribution in [3.05, 3.63) is 100 Å². The first-order valence-corrected chi connectivity index (χ1v) is 11.7. The Bertz CT molecular complexity index is 1100. The smallest absolute Gasteiger partial charge is 0.265 e. The van der Waals surface area contributed by atoms with Crippen molar-refractivity contribution in [2.24, 2.45) is 5.16 Å². The van der Waals surface area contributed by atoms with Gasteiger partial charge < -0.3 is 0 Å². The van der Waals surface area contributed by atoms with Gasteiger partial charge in [0, 0.05) is 10.0 Å². The lowest BCUT2D eigenvalue weighted by Crippen LogP contribution is -2.25. The van der Waals surface area contributed by atoms with Gasteiger partial charge in [-0.1, -0.05) is 70.8 Å². The predicted octanol–water partition coefficient (Wildman–Crippen LogP) is 6.56. The predicted molar refractivity (Wildman–Crippen MR) is 122 cm³/mol. The van der Waals surface area contributed by atoms with Crippen LogP contribution in [0.4, 0.5) is 8.78 Å². The molecule has 0 saturated heterocycles. The standard InChI is InChI=1S/C23H19Cl2F2NO3S/c24-18-10-6-16(7-11-18)21(14-26)23(22(15-27)17-8-12-19(25)13-9-17)28-31-32(29,30)20-4-2-1-3-5-20/h1-13,21-22H,14-15H2. The Kier molecular flexibility index (Phi) is 8.23. The molecule has 9 heteroatoms. The summed E-state index contributed by atoms with van der Waals surface area (Å²) in [6.07, 6.45) is 0. The molecule has 2 atom stereocenters. The van der Waals surface area contributed by atoms with Crippen LogP contribution in [-0.4, -0.2) is 27.5 Å². The summed E-state index contributed by atoms with van der Waals surface area (Å²) in [5, 5.41) is 4.67. The number of rotatable bonds is 9. The molecule has 0 N–H and O–H groups in total. The molecule has 0 spiro atoms. The van der Waals surface area contributed by atoms with Gasteiger partial charge in [-0.3, -0.25) is 13.1 Å². The van der Waals surface area contributed by atoms with Crippen LogP contribution >= 0.6 is 23.2 Å². The highest BCUT2D eigenvalue weighted by molar-refractivity contribution is 7.86. The number of benzene rings is 3. The number of hydrogen-bond donors (Lipinski definition) is 0. The quantitative estimate of drug-likeness (QED) is 0.248. The van der Waals surface area contributed by atoms with Crippen molar-refractivity contribution in [3.8, 4) is 0 Å². The van der Waals surface area contributed by atoms with Gasteiger partial charge in [0.25, 0.3) is 0 Å². The summed E-state index contributed by atoms with van der Waals surface area (Å²) in [5.41, 5.74) is 0.784. The van der Waals surface area contributed by atoms with Crippen LogP contribution in [-0.2, 0) is 14.4 Å². The maximum absolute atomic E-state index is 14.3. The zero-order chi connectivity index (χ0) is 23.1. The molecular formula is C23H19Cl2F2NO3S. The van der Waals surface area contributed by atoms with Gasteiger partial charge in [-0.25, -0.2) is 0 Å². The fourth-order valence-corrected chi connectivity index (χ4v) is 4.17. The molecule has 0 amide bonds. The van der Waals surface area contributed by atoms with Gasteiger partial charge in [-0.15, -0.1) is 0 Å². The Hall–Kier alpha value is -2.48. The summed E-state index contributed by atoms with van der Waals surface area (Å²) >= 11 is 11.9. The third kappa shape index (κ3) is 5.85. The zero-order valence-electron chi connectivity index (χ0n) is 16.7. The fourth-order valence-electron chi connectivity index (χ4n) is 3.16. The maximum Gasteiger partial charge on any atom is 0.358 e. The first-order chi connectivity index (χ1) is 15.4. The lowest BCUT2D eigenvalue weighted by Gasteiger charge is -2.23. The van der Waals surface area contributed by atoms with Crippen molar-refractivity contribution >= 4 is 39.0 Å². The minimum absolute atomic E-state index is 0.112. The highest BCUT2D eigenvalue weighted by Gasteiger charge is 2.30. The second kappa shape index (κ2) is 10.9. The second-order valence-electron chi connectivity index (χ2n) is 6.87. The van der Waals surface area contributed by atoms with E-state index in [4.69, 9.17) is 27.5 Å². The summed E-state index contributed by atoms with van der Waals surface area (Å²) in [6, 6.07) is 19.9. The van der Waals surface area contributed by atoms with E-state index in [1.165, 1.54) is 24.3 Å².